The van der Waals surface area contributed by atoms with E-state index in [1.807, 2.05) is 47.1 Å². The predicted molar refractivity (Wildman–Crippen MR) is 120 cm³/mol. The van der Waals surface area contributed by atoms with E-state index >= 15 is 0 Å². The van der Waals surface area contributed by atoms with E-state index < -0.39 is 0 Å². The van der Waals surface area contributed by atoms with Crippen molar-refractivity contribution in [3.63, 3.8) is 0 Å². The lowest BCUT2D eigenvalue weighted by Gasteiger charge is -2.38. The molecule has 1 atom stereocenters. The van der Waals surface area contributed by atoms with Gasteiger partial charge >= 0.3 is 0 Å². The van der Waals surface area contributed by atoms with Crippen LogP contribution in [0.15, 0.2) is 53.7 Å². The number of carbonyl (C=O) groups excluding carboxylic acids is 1. The molecule has 0 fully saturated rings. The maximum atomic E-state index is 13.4. The molecule has 7 nitrogen and oxygen atoms in total. The SMILES string of the molecule is Cc1ccc(-c2nc3n(n2)C(c2ccc4c(c2)OCO4)C2=C(CC(C)(C)CC2=O)N3)cc1. The molecule has 0 amide bonds. The van der Waals surface area contributed by atoms with Gasteiger partial charge in [0.15, 0.2) is 23.1 Å². The van der Waals surface area contributed by atoms with E-state index in [2.05, 4.69) is 26.1 Å². The van der Waals surface area contributed by atoms with Crippen LogP contribution in [0.2, 0.25) is 0 Å². The summed E-state index contributed by atoms with van der Waals surface area (Å²) < 4.78 is 12.9. The maximum Gasteiger partial charge on any atom is 0.231 e. The second kappa shape index (κ2) is 6.69. The molecule has 0 saturated heterocycles. The van der Waals surface area contributed by atoms with Gasteiger partial charge in [-0.05, 0) is 36.5 Å². The number of Topliss-reactive ketones (excluding diaryl/α,β-unsaturated/α-hetero) is 1. The van der Waals surface area contributed by atoms with Gasteiger partial charge < -0.3 is 14.8 Å². The van der Waals surface area contributed by atoms with Crippen molar-refractivity contribution in [2.24, 2.45) is 5.41 Å². The van der Waals surface area contributed by atoms with Crippen molar-refractivity contribution in [1.29, 1.82) is 0 Å². The van der Waals surface area contributed by atoms with Crippen LogP contribution >= 0.6 is 0 Å². The van der Waals surface area contributed by atoms with Crippen LogP contribution in [0, 0.1) is 12.3 Å². The Morgan fingerprint density at radius 1 is 1.06 bits per heavy atom. The monoisotopic (exact) mass is 428 g/mol. The van der Waals surface area contributed by atoms with E-state index in [1.165, 1.54) is 5.56 Å². The van der Waals surface area contributed by atoms with Gasteiger partial charge in [0.2, 0.25) is 12.7 Å². The number of ether oxygens (including phenoxy) is 2. The Morgan fingerprint density at radius 2 is 1.84 bits per heavy atom. The number of allylic oxidation sites excluding steroid dienone is 2. The zero-order chi connectivity index (χ0) is 22.0. The summed E-state index contributed by atoms with van der Waals surface area (Å²) in [6.07, 6.45) is 1.28. The number of benzene rings is 2. The number of anilines is 1. The Hall–Kier alpha value is -3.61. The molecule has 6 rings (SSSR count). The molecule has 0 bridgehead atoms. The molecule has 162 valence electrons. The first-order chi connectivity index (χ1) is 15.4. The lowest BCUT2D eigenvalue weighted by molar-refractivity contribution is -0.118. The first kappa shape index (κ1) is 19.1. The van der Waals surface area contributed by atoms with Crippen LogP contribution in [0.25, 0.3) is 11.4 Å². The minimum absolute atomic E-state index is 0.107. The Balaban J connectivity index is 1.52. The van der Waals surface area contributed by atoms with E-state index in [1.54, 1.807) is 0 Å². The van der Waals surface area contributed by atoms with Crippen LogP contribution in [0.4, 0.5) is 5.95 Å². The first-order valence-corrected chi connectivity index (χ1v) is 10.8. The number of aromatic nitrogens is 3. The average Bonchev–Trinajstić information content (AvgIpc) is 3.38. The summed E-state index contributed by atoms with van der Waals surface area (Å²) in [7, 11) is 0. The molecule has 1 aromatic heterocycles. The number of nitrogens with one attached hydrogen (secondary N) is 1. The predicted octanol–water partition coefficient (Wildman–Crippen LogP) is 4.64. The number of ketones is 1. The third kappa shape index (κ3) is 2.99. The third-order valence-corrected chi connectivity index (χ3v) is 6.35. The van der Waals surface area contributed by atoms with Gasteiger partial charge in [0, 0.05) is 23.3 Å². The first-order valence-electron chi connectivity index (χ1n) is 10.8. The van der Waals surface area contributed by atoms with Crippen molar-refractivity contribution in [2.45, 2.75) is 39.7 Å². The topological polar surface area (TPSA) is 78.3 Å². The summed E-state index contributed by atoms with van der Waals surface area (Å²) in [4.78, 5) is 18.2. The lowest BCUT2D eigenvalue weighted by atomic mass is 9.73. The van der Waals surface area contributed by atoms with Crippen molar-refractivity contribution in [2.75, 3.05) is 12.1 Å². The second-order valence-corrected chi connectivity index (χ2v) is 9.54. The van der Waals surface area contributed by atoms with Crippen LogP contribution < -0.4 is 14.8 Å². The summed E-state index contributed by atoms with van der Waals surface area (Å²) in [5, 5.41) is 8.28. The molecule has 0 spiro atoms. The van der Waals surface area contributed by atoms with E-state index in [4.69, 9.17) is 19.6 Å². The van der Waals surface area contributed by atoms with E-state index in [0.29, 0.717) is 29.7 Å². The Labute approximate surface area is 186 Å². The fraction of sp³-hybridized carbons (Fsp3) is 0.320. The zero-order valence-electron chi connectivity index (χ0n) is 18.3. The van der Waals surface area contributed by atoms with Gasteiger partial charge in [0.1, 0.15) is 6.04 Å². The molecule has 0 radical (unpaired) electrons. The number of fused-ring (bicyclic) bond motifs is 2. The van der Waals surface area contributed by atoms with E-state index in [0.717, 1.165) is 28.8 Å². The highest BCUT2D eigenvalue weighted by molar-refractivity contribution is 6.00. The zero-order valence-corrected chi connectivity index (χ0v) is 18.3. The van der Waals surface area contributed by atoms with Gasteiger partial charge in [0.05, 0.1) is 0 Å². The molecule has 3 aliphatic rings. The van der Waals surface area contributed by atoms with Crippen molar-refractivity contribution >= 4 is 11.7 Å². The van der Waals surface area contributed by atoms with Crippen LogP contribution in [0.3, 0.4) is 0 Å². The fourth-order valence-electron chi connectivity index (χ4n) is 4.83. The molecule has 1 N–H and O–H groups in total. The summed E-state index contributed by atoms with van der Waals surface area (Å²) in [6, 6.07) is 13.6. The lowest BCUT2D eigenvalue weighted by Crippen LogP contribution is -2.36. The third-order valence-electron chi connectivity index (χ3n) is 6.35. The normalized spacial score (nSPS) is 20.6. The Kier molecular flexibility index (Phi) is 4.00. The van der Waals surface area contributed by atoms with Gasteiger partial charge in [-0.25, -0.2) is 4.68 Å². The minimum Gasteiger partial charge on any atom is -0.454 e. The molecule has 3 aromatic rings. The summed E-state index contributed by atoms with van der Waals surface area (Å²) in [6.45, 7) is 6.52. The number of hydrogen-bond acceptors (Lipinski definition) is 6. The molecular formula is C25H24N4O3. The van der Waals surface area contributed by atoms with E-state index in [9.17, 15) is 4.79 Å². The van der Waals surface area contributed by atoms with Gasteiger partial charge in [-0.2, -0.15) is 4.98 Å². The largest absolute Gasteiger partial charge is 0.454 e. The van der Waals surface area contributed by atoms with Gasteiger partial charge in [-0.3, -0.25) is 4.79 Å². The number of aryl methyl sites for hydroxylation is 1. The molecule has 1 unspecified atom stereocenters. The molecule has 3 heterocycles. The van der Waals surface area contributed by atoms with E-state index in [-0.39, 0.29) is 24.0 Å². The average molecular weight is 428 g/mol. The molecule has 2 aliphatic heterocycles. The quantitative estimate of drug-likeness (QED) is 0.641. The summed E-state index contributed by atoms with van der Waals surface area (Å²) >= 11 is 0. The minimum atomic E-state index is -0.369. The molecule has 7 heteroatoms. The van der Waals surface area contributed by atoms with Crippen LogP contribution in [0.1, 0.15) is 43.9 Å². The Bertz CT molecular complexity index is 1290. The van der Waals surface area contributed by atoms with Crippen molar-refractivity contribution < 1.29 is 14.3 Å². The summed E-state index contributed by atoms with van der Waals surface area (Å²) in [5.41, 5.74) is 4.63. The maximum absolute atomic E-state index is 13.4. The Morgan fingerprint density at radius 3 is 2.66 bits per heavy atom. The molecule has 32 heavy (non-hydrogen) atoms. The highest BCUT2D eigenvalue weighted by atomic mass is 16.7. The van der Waals surface area contributed by atoms with Gasteiger partial charge in [-0.1, -0.05) is 49.7 Å². The molecule has 0 saturated carbocycles. The smallest absolute Gasteiger partial charge is 0.231 e. The molecular weight excluding hydrogens is 404 g/mol. The highest BCUT2D eigenvalue weighted by Gasteiger charge is 2.42. The van der Waals surface area contributed by atoms with Gasteiger partial charge in [0.25, 0.3) is 0 Å². The second-order valence-electron chi connectivity index (χ2n) is 9.54. The van der Waals surface area contributed by atoms with Gasteiger partial charge in [-0.15, -0.1) is 5.10 Å². The number of carbonyl (C=O) groups is 1. The molecule has 1 aliphatic carbocycles. The number of nitrogens with zero attached hydrogens (tertiary/aromatic N) is 3. The number of rotatable bonds is 2. The highest BCUT2D eigenvalue weighted by Crippen LogP contribution is 2.47. The summed E-state index contributed by atoms with van der Waals surface area (Å²) in [5.74, 6) is 2.82. The molecule has 2 aromatic carbocycles. The van der Waals surface area contributed by atoms with Crippen molar-refractivity contribution in [1.82, 2.24) is 14.8 Å². The number of hydrogen-bond donors (Lipinski definition) is 1. The standard InChI is InChI=1S/C25H24N4O3/c1-14-4-6-15(7-5-14)23-27-24-26-17-11-25(2,3)12-18(30)21(17)22(29(24)28-23)16-8-9-19-20(10-16)32-13-31-19/h4-10,22H,11-13H2,1-3H3,(H,26,27,28). The van der Waals surface area contributed by atoms with Crippen molar-refractivity contribution in [3.8, 4) is 22.9 Å². The van der Waals surface area contributed by atoms with Crippen LogP contribution in [-0.2, 0) is 4.79 Å². The van der Waals surface area contributed by atoms with Crippen LogP contribution in [-0.4, -0.2) is 27.3 Å². The van der Waals surface area contributed by atoms with Crippen molar-refractivity contribution in [3.05, 3.63) is 64.9 Å². The van der Waals surface area contributed by atoms with Crippen LogP contribution in [0.5, 0.6) is 11.5 Å². The fourth-order valence-corrected chi connectivity index (χ4v) is 4.83.